The second-order valence-electron chi connectivity index (χ2n) is 12.7. The van der Waals surface area contributed by atoms with Gasteiger partial charge in [-0.3, -0.25) is 19.2 Å². The number of cyclic esters (lactones) is 1. The summed E-state index contributed by atoms with van der Waals surface area (Å²) in [5, 5.41) is 12.7. The number of benzene rings is 1. The summed E-state index contributed by atoms with van der Waals surface area (Å²) in [5.74, 6) is -3.17. The molecule has 4 heterocycles. The van der Waals surface area contributed by atoms with Gasteiger partial charge in [0, 0.05) is 32.2 Å². The summed E-state index contributed by atoms with van der Waals surface area (Å²) >= 11 is 0. The van der Waals surface area contributed by atoms with Gasteiger partial charge in [-0.05, 0) is 38.2 Å². The van der Waals surface area contributed by atoms with Gasteiger partial charge in [-0.25, -0.2) is 0 Å². The largest absolute Gasteiger partial charge is 0.455 e. The zero-order valence-electron chi connectivity index (χ0n) is 25.3. The Morgan fingerprint density at radius 1 is 1.02 bits per heavy atom. The molecule has 0 radical (unpaired) electrons. The van der Waals surface area contributed by atoms with Crippen LogP contribution in [-0.2, 0) is 28.7 Å². The van der Waals surface area contributed by atoms with Crippen molar-refractivity contribution in [2.24, 2.45) is 11.8 Å². The van der Waals surface area contributed by atoms with Gasteiger partial charge < -0.3 is 29.7 Å². The number of esters is 1. The Morgan fingerprint density at radius 3 is 2.55 bits per heavy atom. The summed E-state index contributed by atoms with van der Waals surface area (Å²) < 4.78 is 12.7. The van der Waals surface area contributed by atoms with Gasteiger partial charge in [0.25, 0.3) is 0 Å². The van der Waals surface area contributed by atoms with Crippen molar-refractivity contribution in [2.45, 2.75) is 94.2 Å². The van der Waals surface area contributed by atoms with Crippen LogP contribution in [0.5, 0.6) is 0 Å². The molecule has 2 N–H and O–H groups in total. The van der Waals surface area contributed by atoms with Crippen LogP contribution in [0.4, 0.5) is 0 Å². The molecule has 6 rings (SSSR count). The molecule has 0 unspecified atom stereocenters. The van der Waals surface area contributed by atoms with E-state index in [1.807, 2.05) is 53.5 Å². The highest BCUT2D eigenvalue weighted by atomic mass is 16.6. The first kappa shape index (κ1) is 30.5. The summed E-state index contributed by atoms with van der Waals surface area (Å²) in [4.78, 5) is 59.4. The summed E-state index contributed by atoms with van der Waals surface area (Å²) in [7, 11) is 0. The first-order chi connectivity index (χ1) is 21.4. The van der Waals surface area contributed by atoms with Crippen LogP contribution < -0.4 is 5.32 Å². The second-order valence-corrected chi connectivity index (χ2v) is 12.7. The molecule has 3 fully saturated rings. The molecule has 0 aromatic heterocycles. The smallest absolute Gasteiger partial charge is 0.313 e. The number of allylic oxidation sites excluding steroid dienone is 1. The lowest BCUT2D eigenvalue weighted by molar-refractivity contribution is -0.161. The van der Waals surface area contributed by atoms with Crippen molar-refractivity contribution in [3.63, 3.8) is 0 Å². The molecule has 4 aliphatic heterocycles. The second kappa shape index (κ2) is 12.9. The van der Waals surface area contributed by atoms with E-state index in [0.717, 1.165) is 37.7 Å². The number of aliphatic hydroxyl groups is 1. The quantitative estimate of drug-likeness (QED) is 0.391. The van der Waals surface area contributed by atoms with Crippen molar-refractivity contribution < 1.29 is 33.8 Å². The Bertz CT molecular complexity index is 1310. The van der Waals surface area contributed by atoms with Crippen LogP contribution in [0.3, 0.4) is 0 Å². The van der Waals surface area contributed by atoms with Gasteiger partial charge in [0.05, 0.1) is 18.1 Å². The minimum Gasteiger partial charge on any atom is -0.455 e. The predicted octanol–water partition coefficient (Wildman–Crippen LogP) is 2.82. The Labute approximate surface area is 258 Å². The number of likely N-dealkylation sites (tertiary alicyclic amines) is 1. The molecule has 1 spiro atoms. The number of ether oxygens (including phenoxy) is 2. The number of aliphatic hydroxyl groups excluding tert-OH is 1. The number of carbonyl (C=O) groups excluding carboxylic acids is 4. The number of fused-ring (bicyclic) bond motifs is 2. The fourth-order valence-electron chi connectivity index (χ4n) is 7.89. The minimum atomic E-state index is -1.30. The zero-order valence-corrected chi connectivity index (χ0v) is 25.3. The number of carbonyl (C=O) groups is 4. The highest BCUT2D eigenvalue weighted by Crippen LogP contribution is 2.56. The van der Waals surface area contributed by atoms with Crippen LogP contribution in [0.1, 0.15) is 70.0 Å². The van der Waals surface area contributed by atoms with Gasteiger partial charge in [0.2, 0.25) is 17.7 Å². The average Bonchev–Trinajstić information content (AvgIpc) is 3.67. The standard InChI is InChI=1S/C34H43N3O7/c1-22-29(23-12-5-2-6-13-23)43-33(42)27-25-17-18-34(44-25)28(27)31(40)37(20-11-21-38)30(34)32(41)36(24-14-7-3-8-15-24)19-10-4-9-16-26(39)35-22/h2,4-6,10,12-13,17-18,22,24-25,27-30,38H,3,7-9,11,14-16,19-21H2,1H3,(H,35,39)/b10-4-/t22-,25+,27-,28-,29+,30+,34-/m1/s1. The minimum absolute atomic E-state index is 0.0207. The molecule has 7 atom stereocenters. The van der Waals surface area contributed by atoms with E-state index in [-0.39, 0.29) is 43.3 Å². The topological polar surface area (TPSA) is 125 Å². The number of nitrogens with zero attached hydrogens (tertiary/aromatic N) is 2. The normalized spacial score (nSPS) is 35.5. The molecule has 10 nitrogen and oxygen atoms in total. The third-order valence-electron chi connectivity index (χ3n) is 9.96. The Hall–Kier alpha value is -3.50. The van der Waals surface area contributed by atoms with Crippen molar-refractivity contribution in [3.8, 4) is 0 Å². The van der Waals surface area contributed by atoms with E-state index in [9.17, 15) is 24.3 Å². The average molecular weight is 606 g/mol. The third-order valence-corrected chi connectivity index (χ3v) is 9.96. The van der Waals surface area contributed by atoms with Crippen LogP contribution >= 0.6 is 0 Å². The lowest BCUT2D eigenvalue weighted by atomic mass is 9.74. The maximum atomic E-state index is 14.7. The summed E-state index contributed by atoms with van der Waals surface area (Å²) in [6.07, 6.45) is 11.9. The summed E-state index contributed by atoms with van der Waals surface area (Å²) in [5.41, 5.74) is -0.579. The molecule has 236 valence electrons. The van der Waals surface area contributed by atoms with Gasteiger partial charge >= 0.3 is 5.97 Å². The van der Waals surface area contributed by atoms with Crippen molar-refractivity contribution in [3.05, 3.63) is 60.2 Å². The van der Waals surface area contributed by atoms with Crippen molar-refractivity contribution in [1.82, 2.24) is 15.1 Å². The number of rotatable bonds is 5. The first-order valence-electron chi connectivity index (χ1n) is 16.1. The molecule has 2 saturated heterocycles. The molecule has 1 aromatic rings. The Morgan fingerprint density at radius 2 is 1.80 bits per heavy atom. The molecule has 44 heavy (non-hydrogen) atoms. The molecule has 5 aliphatic rings. The highest BCUT2D eigenvalue weighted by molar-refractivity contribution is 5.99. The fourth-order valence-corrected chi connectivity index (χ4v) is 7.89. The van der Waals surface area contributed by atoms with Gasteiger partial charge in [0.1, 0.15) is 23.7 Å². The SMILES string of the molecule is C[C@H]1NC(=O)CC/C=C\CN(C2CCCCC2)C(=O)[C@@H]2N(CCCO)C(=O)[C@H]3[C@H](C(=O)O[C@@H]1c1ccccc1)[C@@H]1C=C[C@]23O1. The molecule has 3 amide bonds. The van der Waals surface area contributed by atoms with Gasteiger partial charge in [-0.15, -0.1) is 0 Å². The maximum absolute atomic E-state index is 14.7. The number of amides is 3. The van der Waals surface area contributed by atoms with Crippen molar-refractivity contribution in [2.75, 3.05) is 19.7 Å². The van der Waals surface area contributed by atoms with Gasteiger partial charge in [-0.1, -0.05) is 73.9 Å². The lowest BCUT2D eigenvalue weighted by Crippen LogP contribution is -2.58. The zero-order chi connectivity index (χ0) is 30.8. The molecule has 10 heteroatoms. The molecular weight excluding hydrogens is 562 g/mol. The van der Waals surface area contributed by atoms with Crippen LogP contribution in [0.25, 0.3) is 0 Å². The number of hydrogen-bond acceptors (Lipinski definition) is 7. The monoisotopic (exact) mass is 605 g/mol. The summed E-state index contributed by atoms with van der Waals surface area (Å²) in [6, 6.07) is 7.77. The number of hydrogen-bond donors (Lipinski definition) is 2. The molecular formula is C34H43N3O7. The van der Waals surface area contributed by atoms with E-state index >= 15 is 0 Å². The van der Waals surface area contributed by atoms with Crippen LogP contribution in [0.15, 0.2) is 54.6 Å². The van der Waals surface area contributed by atoms with Crippen molar-refractivity contribution in [1.29, 1.82) is 0 Å². The Kier molecular flexibility index (Phi) is 8.91. The van der Waals surface area contributed by atoms with E-state index in [1.165, 1.54) is 4.90 Å². The van der Waals surface area contributed by atoms with E-state index in [4.69, 9.17) is 9.47 Å². The van der Waals surface area contributed by atoms with Crippen LogP contribution in [0.2, 0.25) is 0 Å². The first-order valence-corrected chi connectivity index (χ1v) is 16.1. The number of nitrogens with one attached hydrogen (secondary N) is 1. The van der Waals surface area contributed by atoms with Gasteiger partial charge in [0.15, 0.2) is 0 Å². The van der Waals surface area contributed by atoms with Crippen LogP contribution in [0, 0.1) is 11.8 Å². The van der Waals surface area contributed by atoms with E-state index in [1.54, 1.807) is 13.0 Å². The Balaban J connectivity index is 1.41. The maximum Gasteiger partial charge on any atom is 0.313 e. The van der Waals surface area contributed by atoms with Crippen LogP contribution in [-0.4, -0.2) is 88.1 Å². The third kappa shape index (κ3) is 5.47. The fraction of sp³-hybridized carbons (Fsp3) is 0.588. The highest BCUT2D eigenvalue weighted by Gasteiger charge is 2.73. The van der Waals surface area contributed by atoms with Gasteiger partial charge in [-0.2, -0.15) is 0 Å². The molecule has 1 saturated carbocycles. The lowest BCUT2D eigenvalue weighted by Gasteiger charge is -2.40. The van der Waals surface area contributed by atoms with E-state index in [0.29, 0.717) is 19.4 Å². The summed E-state index contributed by atoms with van der Waals surface area (Å²) in [6.45, 7) is 2.21. The molecule has 5 bridgehead atoms. The van der Waals surface area contributed by atoms with E-state index in [2.05, 4.69) is 5.32 Å². The molecule has 1 aliphatic carbocycles. The molecule has 1 aromatic carbocycles. The predicted molar refractivity (Wildman–Crippen MR) is 161 cm³/mol. The van der Waals surface area contributed by atoms with E-state index < -0.39 is 47.7 Å². The van der Waals surface area contributed by atoms with Crippen molar-refractivity contribution >= 4 is 23.7 Å².